The van der Waals surface area contributed by atoms with E-state index < -0.39 is 17.8 Å². The molecule has 0 aliphatic carbocycles. The molecule has 0 atom stereocenters. The number of alkyl halides is 3. The van der Waals surface area contributed by atoms with E-state index in [2.05, 4.69) is 27.4 Å². The summed E-state index contributed by atoms with van der Waals surface area (Å²) in [6.45, 7) is 7.19. The van der Waals surface area contributed by atoms with Gasteiger partial charge >= 0.3 is 12.2 Å². The van der Waals surface area contributed by atoms with Crippen LogP contribution in [-0.4, -0.2) is 72.0 Å². The standard InChI is InChI=1S/C30H35F3N6O2/c1-3-37-12-14-38(15-13-37)19-22-4-6-24(17-27(22)30(31,32)33)36-29(40)39-11-9-21-5-7-25(16-23(21)20-39)41-26-8-10-35-28(18-26)34-2/h4-8,10,16-18H,3,9,11-15,19-20H2,1-2H3,(H,34,35)(H,36,40). The number of nitrogens with one attached hydrogen (secondary N) is 2. The molecule has 2 aromatic carbocycles. The molecule has 0 radical (unpaired) electrons. The van der Waals surface area contributed by atoms with Crippen molar-refractivity contribution in [3.63, 3.8) is 0 Å². The monoisotopic (exact) mass is 568 g/mol. The van der Waals surface area contributed by atoms with Gasteiger partial charge in [-0.05, 0) is 60.0 Å². The number of pyridine rings is 1. The SMILES string of the molecule is CCN1CCN(Cc2ccc(NC(=O)N3CCc4ccc(Oc5ccnc(NC)c5)cc4C3)cc2C(F)(F)F)CC1. The average molecular weight is 569 g/mol. The lowest BCUT2D eigenvalue weighted by Gasteiger charge is -2.34. The second kappa shape index (κ2) is 12.4. The van der Waals surface area contributed by atoms with Crippen molar-refractivity contribution in [3.8, 4) is 11.5 Å². The number of fused-ring (bicyclic) bond motifs is 1. The van der Waals surface area contributed by atoms with Crippen LogP contribution in [0.3, 0.4) is 0 Å². The zero-order valence-corrected chi connectivity index (χ0v) is 23.3. The molecular weight excluding hydrogens is 533 g/mol. The Hall–Kier alpha value is -3.83. The Bertz CT molecular complexity index is 1370. The molecule has 0 spiro atoms. The maximum absolute atomic E-state index is 14.0. The number of aromatic nitrogens is 1. The van der Waals surface area contributed by atoms with Crippen LogP contribution in [0, 0.1) is 0 Å². The number of piperazine rings is 1. The minimum absolute atomic E-state index is 0.128. The first-order valence-electron chi connectivity index (χ1n) is 13.9. The number of hydrogen-bond donors (Lipinski definition) is 2. The van der Waals surface area contributed by atoms with Crippen molar-refractivity contribution in [3.05, 3.63) is 77.0 Å². The van der Waals surface area contributed by atoms with E-state index in [1.54, 1.807) is 36.3 Å². The number of rotatable bonds is 7. The Kier molecular flexibility index (Phi) is 8.65. The predicted molar refractivity (Wildman–Crippen MR) is 152 cm³/mol. The Labute approximate surface area is 238 Å². The van der Waals surface area contributed by atoms with E-state index in [1.165, 1.54) is 6.07 Å². The Morgan fingerprint density at radius 1 is 0.951 bits per heavy atom. The number of nitrogens with zero attached hydrogens (tertiary/aromatic N) is 4. The zero-order chi connectivity index (χ0) is 29.0. The van der Waals surface area contributed by atoms with Crippen LogP contribution in [0.25, 0.3) is 0 Å². The van der Waals surface area contributed by atoms with Crippen LogP contribution in [0.2, 0.25) is 0 Å². The molecule has 0 saturated carbocycles. The van der Waals surface area contributed by atoms with Crippen LogP contribution in [0.5, 0.6) is 11.5 Å². The molecule has 2 N–H and O–H groups in total. The molecule has 0 bridgehead atoms. The second-order valence-corrected chi connectivity index (χ2v) is 10.3. The number of carbonyl (C=O) groups excluding carboxylic acids is 1. The summed E-state index contributed by atoms with van der Waals surface area (Å²) in [4.78, 5) is 23.2. The van der Waals surface area contributed by atoms with Crippen LogP contribution in [0.1, 0.15) is 29.2 Å². The fourth-order valence-electron chi connectivity index (χ4n) is 5.28. The van der Waals surface area contributed by atoms with Crippen LogP contribution < -0.4 is 15.4 Å². The molecular formula is C30H35F3N6O2. The summed E-state index contributed by atoms with van der Waals surface area (Å²) in [5.41, 5.74) is 1.67. The van der Waals surface area contributed by atoms with Crippen LogP contribution in [-0.2, 0) is 25.7 Å². The van der Waals surface area contributed by atoms with Crippen molar-refractivity contribution in [1.82, 2.24) is 19.7 Å². The van der Waals surface area contributed by atoms with Gasteiger partial charge in [0.15, 0.2) is 0 Å². The molecule has 2 amide bonds. The maximum Gasteiger partial charge on any atom is 0.416 e. The van der Waals surface area contributed by atoms with Gasteiger partial charge < -0.3 is 25.2 Å². The van der Waals surface area contributed by atoms with Crippen LogP contribution in [0.15, 0.2) is 54.7 Å². The summed E-state index contributed by atoms with van der Waals surface area (Å²) in [5.74, 6) is 1.93. The third kappa shape index (κ3) is 7.09. The fraction of sp³-hybridized carbons (Fsp3) is 0.400. The minimum Gasteiger partial charge on any atom is -0.457 e. The minimum atomic E-state index is -4.52. The molecule has 41 heavy (non-hydrogen) atoms. The van der Waals surface area contributed by atoms with E-state index in [4.69, 9.17) is 4.74 Å². The number of carbonyl (C=O) groups is 1. The third-order valence-corrected chi connectivity index (χ3v) is 7.67. The smallest absolute Gasteiger partial charge is 0.416 e. The van der Waals surface area contributed by atoms with Crippen molar-refractivity contribution in [2.75, 3.05) is 56.9 Å². The molecule has 218 valence electrons. The van der Waals surface area contributed by atoms with Gasteiger partial charge in [-0.1, -0.05) is 19.1 Å². The van der Waals surface area contributed by atoms with Gasteiger partial charge in [-0.15, -0.1) is 0 Å². The van der Waals surface area contributed by atoms with Crippen molar-refractivity contribution in [2.45, 2.75) is 32.6 Å². The van der Waals surface area contributed by atoms with Crippen LogP contribution >= 0.6 is 0 Å². The molecule has 1 saturated heterocycles. The summed E-state index contributed by atoms with van der Waals surface area (Å²) in [6, 6.07) is 13.0. The van der Waals surface area contributed by atoms with Crippen molar-refractivity contribution in [2.24, 2.45) is 0 Å². The second-order valence-electron chi connectivity index (χ2n) is 10.3. The molecule has 0 unspecified atom stereocenters. The van der Waals surface area contributed by atoms with E-state index >= 15 is 0 Å². The quantitative estimate of drug-likeness (QED) is 0.383. The highest BCUT2D eigenvalue weighted by Crippen LogP contribution is 2.35. The number of hydrogen-bond acceptors (Lipinski definition) is 6. The average Bonchev–Trinajstić information content (AvgIpc) is 2.97. The van der Waals surface area contributed by atoms with Crippen molar-refractivity contribution < 1.29 is 22.7 Å². The van der Waals surface area contributed by atoms with Gasteiger partial charge in [-0.2, -0.15) is 13.2 Å². The predicted octanol–water partition coefficient (Wildman–Crippen LogP) is 5.66. The highest BCUT2D eigenvalue weighted by Gasteiger charge is 2.34. The van der Waals surface area contributed by atoms with Gasteiger partial charge in [-0.25, -0.2) is 9.78 Å². The Morgan fingerprint density at radius 2 is 1.71 bits per heavy atom. The molecule has 11 heteroatoms. The van der Waals surface area contributed by atoms with E-state index in [0.717, 1.165) is 49.9 Å². The van der Waals surface area contributed by atoms with E-state index in [9.17, 15) is 18.0 Å². The van der Waals surface area contributed by atoms with E-state index in [-0.39, 0.29) is 17.8 Å². The molecule has 1 aromatic heterocycles. The van der Waals surface area contributed by atoms with Crippen molar-refractivity contribution in [1.29, 1.82) is 0 Å². The largest absolute Gasteiger partial charge is 0.457 e. The van der Waals surface area contributed by atoms with Gasteiger partial charge in [-0.3, -0.25) is 4.90 Å². The first-order chi connectivity index (χ1) is 19.7. The number of urea groups is 1. The number of ether oxygens (including phenoxy) is 1. The first kappa shape index (κ1) is 28.7. The van der Waals surface area contributed by atoms with Gasteiger partial charge in [0.2, 0.25) is 0 Å². The Morgan fingerprint density at radius 3 is 2.44 bits per heavy atom. The van der Waals surface area contributed by atoms with Gasteiger partial charge in [0.05, 0.1) is 5.56 Å². The molecule has 2 aliphatic heterocycles. The lowest BCUT2D eigenvalue weighted by Crippen LogP contribution is -2.45. The molecule has 8 nitrogen and oxygen atoms in total. The van der Waals surface area contributed by atoms with E-state index in [0.29, 0.717) is 36.8 Å². The number of amides is 2. The van der Waals surface area contributed by atoms with Crippen LogP contribution in [0.4, 0.5) is 29.5 Å². The van der Waals surface area contributed by atoms with Gasteiger partial charge in [0.25, 0.3) is 0 Å². The highest BCUT2D eigenvalue weighted by atomic mass is 19.4. The Balaban J connectivity index is 1.25. The topological polar surface area (TPSA) is 73.0 Å². The molecule has 2 aliphatic rings. The summed E-state index contributed by atoms with van der Waals surface area (Å²) in [7, 11) is 1.78. The summed E-state index contributed by atoms with van der Waals surface area (Å²) < 4.78 is 48.1. The number of likely N-dealkylation sites (N-methyl/N-ethyl adjacent to an activating group) is 1. The number of halogens is 3. The summed E-state index contributed by atoms with van der Waals surface area (Å²) >= 11 is 0. The van der Waals surface area contributed by atoms with Gasteiger partial charge in [0.1, 0.15) is 17.3 Å². The molecule has 1 fully saturated rings. The van der Waals surface area contributed by atoms with Crippen molar-refractivity contribution >= 4 is 17.5 Å². The normalized spacial score (nSPS) is 16.3. The van der Waals surface area contributed by atoms with Gasteiger partial charge in [0, 0.05) is 70.8 Å². The molecule has 3 heterocycles. The lowest BCUT2D eigenvalue weighted by molar-refractivity contribution is -0.138. The fourth-order valence-corrected chi connectivity index (χ4v) is 5.28. The summed E-state index contributed by atoms with van der Waals surface area (Å²) in [6.07, 6.45) is -2.24. The number of benzene rings is 2. The maximum atomic E-state index is 14.0. The lowest BCUT2D eigenvalue weighted by atomic mass is 9.99. The first-order valence-corrected chi connectivity index (χ1v) is 13.9. The summed E-state index contributed by atoms with van der Waals surface area (Å²) in [5, 5.41) is 5.66. The molecule has 5 rings (SSSR count). The third-order valence-electron chi connectivity index (χ3n) is 7.67. The highest BCUT2D eigenvalue weighted by molar-refractivity contribution is 5.89. The molecule has 3 aromatic rings. The number of anilines is 2. The zero-order valence-electron chi connectivity index (χ0n) is 23.3. The van der Waals surface area contributed by atoms with E-state index in [1.807, 2.05) is 23.1 Å².